The van der Waals surface area contributed by atoms with Gasteiger partial charge in [-0.3, -0.25) is 0 Å². The monoisotopic (exact) mass is 692 g/mol. The summed E-state index contributed by atoms with van der Waals surface area (Å²) in [6.07, 6.45) is 0. The predicted molar refractivity (Wildman–Crippen MR) is 207 cm³/mol. The summed E-state index contributed by atoms with van der Waals surface area (Å²) >= 11 is 6.42. The van der Waals surface area contributed by atoms with Gasteiger partial charge in [-0.1, -0.05) is 72.8 Å². The zero-order valence-electron chi connectivity index (χ0n) is 25.1. The van der Waals surface area contributed by atoms with Gasteiger partial charge in [0.05, 0.1) is 9.75 Å². The molecule has 0 amide bonds. The van der Waals surface area contributed by atoms with E-state index < -0.39 is 0 Å². The lowest BCUT2D eigenvalue weighted by Gasteiger charge is -2.01. The van der Waals surface area contributed by atoms with Crippen molar-refractivity contribution in [2.75, 3.05) is 0 Å². The smallest absolute Gasteiger partial charge is 0.142 e. The van der Waals surface area contributed by atoms with E-state index in [4.69, 9.17) is 0 Å². The largest absolute Gasteiger partial charge is 0.205 e. The highest BCUT2D eigenvalue weighted by molar-refractivity contribution is 7.27. The molecule has 0 fully saturated rings. The van der Waals surface area contributed by atoms with Gasteiger partial charge >= 0.3 is 0 Å². The molecular weight excluding hydrogens is 671 g/mol. The van der Waals surface area contributed by atoms with Crippen molar-refractivity contribution in [1.29, 1.82) is 0 Å². The molecule has 0 aliphatic rings. The molecule has 0 nitrogen and oxygen atoms in total. The van der Waals surface area contributed by atoms with Crippen molar-refractivity contribution >= 4 is 97.8 Å². The van der Waals surface area contributed by atoms with Gasteiger partial charge in [-0.05, 0) is 115 Å². The highest BCUT2D eigenvalue weighted by Gasteiger charge is 2.17. The van der Waals surface area contributed by atoms with Crippen LogP contribution in [0.1, 0.15) is 0 Å². The summed E-state index contributed by atoms with van der Waals surface area (Å²) in [7, 11) is 0. The standard InChI is InChI=1S/C42H22F2S4/c43-33-21-39(47-41(33)27-11-9-23-5-1-3-7-25(23)13-27)37-19-31-15-29-18-36-32(16-30(29)17-35(31)45-37)20-38(46-36)40-22-34(44)42(48-40)28-12-10-24-6-2-4-8-26(24)14-28/h1-22H. The maximum atomic E-state index is 15.3. The molecule has 4 heterocycles. The van der Waals surface area contributed by atoms with Crippen molar-refractivity contribution < 1.29 is 8.78 Å². The van der Waals surface area contributed by atoms with Gasteiger partial charge in [0.1, 0.15) is 11.6 Å². The summed E-state index contributed by atoms with van der Waals surface area (Å²) in [6.45, 7) is 0. The fraction of sp³-hybridized carbons (Fsp3) is 0. The van der Waals surface area contributed by atoms with E-state index >= 15 is 8.78 Å². The average molecular weight is 693 g/mol. The van der Waals surface area contributed by atoms with Gasteiger partial charge in [0.25, 0.3) is 0 Å². The fourth-order valence-corrected chi connectivity index (χ4v) is 11.0. The average Bonchev–Trinajstić information content (AvgIpc) is 3.90. The Morgan fingerprint density at radius 2 is 0.729 bits per heavy atom. The molecule has 48 heavy (non-hydrogen) atoms. The Balaban J connectivity index is 0.988. The zero-order chi connectivity index (χ0) is 31.9. The molecule has 0 spiro atoms. The Morgan fingerprint density at radius 1 is 0.312 bits per heavy atom. The lowest BCUT2D eigenvalue weighted by molar-refractivity contribution is 0.636. The first-order chi connectivity index (χ1) is 23.5. The first-order valence-electron chi connectivity index (χ1n) is 15.5. The van der Waals surface area contributed by atoms with Crippen LogP contribution in [0.3, 0.4) is 0 Å². The Kier molecular flexibility index (Phi) is 6.43. The van der Waals surface area contributed by atoms with Gasteiger partial charge in [0.15, 0.2) is 0 Å². The van der Waals surface area contributed by atoms with E-state index in [1.807, 2.05) is 36.4 Å². The van der Waals surface area contributed by atoms with Gasteiger partial charge in [-0.15, -0.1) is 45.3 Å². The van der Waals surface area contributed by atoms with Crippen molar-refractivity contribution in [2.45, 2.75) is 0 Å². The second-order valence-corrected chi connectivity index (χ2v) is 16.3. The number of halogens is 2. The van der Waals surface area contributed by atoms with Crippen LogP contribution in [-0.4, -0.2) is 0 Å². The van der Waals surface area contributed by atoms with Crippen molar-refractivity contribution in [2.24, 2.45) is 0 Å². The van der Waals surface area contributed by atoms with Crippen LogP contribution >= 0.6 is 45.3 Å². The molecular formula is C42H22F2S4. The Morgan fingerprint density at radius 3 is 1.19 bits per heavy atom. The molecule has 4 aromatic heterocycles. The number of benzene rings is 6. The lowest BCUT2D eigenvalue weighted by Crippen LogP contribution is -1.78. The van der Waals surface area contributed by atoms with Crippen molar-refractivity contribution in [3.8, 4) is 40.4 Å². The van der Waals surface area contributed by atoms with Gasteiger partial charge in [0.2, 0.25) is 0 Å². The molecule has 0 aliphatic carbocycles. The quantitative estimate of drug-likeness (QED) is 0.172. The summed E-state index contributed by atoms with van der Waals surface area (Å²) in [5.41, 5.74) is 1.81. The van der Waals surface area contributed by atoms with Gasteiger partial charge in [-0.25, -0.2) is 8.78 Å². The normalized spacial score (nSPS) is 12.0. The van der Waals surface area contributed by atoms with Crippen LogP contribution in [0, 0.1) is 11.6 Å². The third-order valence-electron chi connectivity index (χ3n) is 8.99. The van der Waals surface area contributed by atoms with E-state index in [-0.39, 0.29) is 11.6 Å². The predicted octanol–water partition coefficient (Wildman–Crippen LogP) is 14.6. The molecule has 10 rings (SSSR count). The van der Waals surface area contributed by atoms with E-state index in [0.29, 0.717) is 9.75 Å². The second kappa shape index (κ2) is 10.9. The highest BCUT2D eigenvalue weighted by atomic mass is 32.1. The fourth-order valence-electron chi connectivity index (χ4n) is 6.60. The summed E-state index contributed by atoms with van der Waals surface area (Å²) < 4.78 is 33.0. The molecule has 0 N–H and O–H groups in total. The summed E-state index contributed by atoms with van der Waals surface area (Å²) in [5.74, 6) is -0.363. The molecule has 0 radical (unpaired) electrons. The molecule has 0 bridgehead atoms. The maximum Gasteiger partial charge on any atom is 0.142 e. The molecule has 0 aliphatic heterocycles. The minimum Gasteiger partial charge on any atom is -0.205 e. The molecule has 0 atom stereocenters. The van der Waals surface area contributed by atoms with E-state index in [9.17, 15) is 0 Å². The number of hydrogen-bond donors (Lipinski definition) is 0. The molecule has 0 saturated heterocycles. The molecule has 6 heteroatoms. The molecule has 228 valence electrons. The van der Waals surface area contributed by atoms with Crippen LogP contribution in [0.4, 0.5) is 8.78 Å². The molecule has 0 unspecified atom stereocenters. The Labute approximate surface area is 290 Å². The maximum absolute atomic E-state index is 15.3. The lowest BCUT2D eigenvalue weighted by atomic mass is 10.1. The van der Waals surface area contributed by atoms with E-state index in [0.717, 1.165) is 73.7 Å². The van der Waals surface area contributed by atoms with E-state index in [1.165, 1.54) is 32.1 Å². The van der Waals surface area contributed by atoms with Gasteiger partial charge in [-0.2, -0.15) is 0 Å². The van der Waals surface area contributed by atoms with Gasteiger partial charge in [0, 0.05) is 28.9 Å². The summed E-state index contributed by atoms with van der Waals surface area (Å²) in [5, 5.41) is 9.15. The number of fused-ring (bicyclic) bond motifs is 5. The van der Waals surface area contributed by atoms with E-state index in [2.05, 4.69) is 84.9 Å². The minimum atomic E-state index is -0.182. The summed E-state index contributed by atoms with van der Waals surface area (Å²) in [6, 6.07) is 45.3. The highest BCUT2D eigenvalue weighted by Crippen LogP contribution is 2.45. The minimum absolute atomic E-state index is 0.182. The Bertz CT molecular complexity index is 2620. The van der Waals surface area contributed by atoms with Gasteiger partial charge < -0.3 is 0 Å². The van der Waals surface area contributed by atoms with Crippen LogP contribution in [-0.2, 0) is 0 Å². The third-order valence-corrected chi connectivity index (χ3v) is 13.9. The number of hydrogen-bond acceptors (Lipinski definition) is 4. The van der Waals surface area contributed by atoms with Crippen molar-refractivity contribution in [1.82, 2.24) is 0 Å². The number of thiophene rings is 4. The molecule has 6 aromatic carbocycles. The van der Waals surface area contributed by atoms with Crippen molar-refractivity contribution in [3.63, 3.8) is 0 Å². The summed E-state index contributed by atoms with van der Waals surface area (Å²) in [4.78, 5) is 5.37. The first-order valence-corrected chi connectivity index (χ1v) is 18.8. The second-order valence-electron chi connectivity index (χ2n) is 12.0. The van der Waals surface area contributed by atoms with Crippen LogP contribution in [0.15, 0.2) is 133 Å². The van der Waals surface area contributed by atoms with Crippen molar-refractivity contribution in [3.05, 3.63) is 145 Å². The third kappa shape index (κ3) is 4.71. The molecule has 0 saturated carbocycles. The number of rotatable bonds is 4. The topological polar surface area (TPSA) is 0 Å². The zero-order valence-corrected chi connectivity index (χ0v) is 28.4. The van der Waals surface area contributed by atoms with E-state index in [1.54, 1.807) is 34.8 Å². The molecule has 10 aromatic rings. The van der Waals surface area contributed by atoms with Crippen LogP contribution in [0.25, 0.3) is 92.9 Å². The first kappa shape index (κ1) is 28.3. The van der Waals surface area contributed by atoms with Crippen LogP contribution in [0.2, 0.25) is 0 Å². The SMILES string of the molecule is Fc1cc(-c2cc3cc4cc5sc(-c6cc(F)c(-c7ccc8ccccc8c7)s6)cc5cc4cc3s2)sc1-c1ccc2ccccc2c1. The van der Waals surface area contributed by atoms with Crippen LogP contribution in [0.5, 0.6) is 0 Å². The Hall–Kier alpha value is -4.72. The van der Waals surface area contributed by atoms with Crippen LogP contribution < -0.4 is 0 Å².